The van der Waals surface area contributed by atoms with Crippen molar-refractivity contribution in [3.05, 3.63) is 54.3 Å². The first kappa shape index (κ1) is 16.1. The van der Waals surface area contributed by atoms with Gasteiger partial charge in [0.25, 0.3) is 5.91 Å². The number of phenols is 1. The second kappa shape index (κ2) is 7.21. The number of hydrogen-bond donors (Lipinski definition) is 1. The summed E-state index contributed by atoms with van der Waals surface area (Å²) < 4.78 is 18.7. The van der Waals surface area contributed by atoms with Crippen LogP contribution < -0.4 is 9.64 Å². The maximum Gasteiger partial charge on any atom is 0.260 e. The van der Waals surface area contributed by atoms with Crippen LogP contribution in [0, 0.1) is 5.82 Å². The molecule has 1 aliphatic rings. The number of hydrogen-bond acceptors (Lipinski definition) is 4. The number of phenolic OH excluding ortho intramolecular Hbond substituents is 1. The molecule has 2 aromatic carbocycles. The third-order valence-electron chi connectivity index (χ3n) is 4.04. The summed E-state index contributed by atoms with van der Waals surface area (Å²) in [5, 5.41) is 9.33. The van der Waals surface area contributed by atoms with Crippen LogP contribution >= 0.6 is 0 Å². The Labute approximate surface area is 139 Å². The number of carbonyl (C=O) groups excluding carboxylic acids is 1. The van der Waals surface area contributed by atoms with Crippen molar-refractivity contribution in [2.75, 3.05) is 37.7 Å². The van der Waals surface area contributed by atoms with Crippen LogP contribution in [-0.4, -0.2) is 48.7 Å². The molecule has 0 aromatic heterocycles. The Hall–Kier alpha value is -2.76. The molecule has 1 N–H and O–H groups in total. The summed E-state index contributed by atoms with van der Waals surface area (Å²) in [6, 6.07) is 13.1. The van der Waals surface area contributed by atoms with Crippen LogP contribution in [0.25, 0.3) is 0 Å². The molecule has 0 unspecified atom stereocenters. The molecule has 2 aromatic rings. The third-order valence-corrected chi connectivity index (χ3v) is 4.04. The molecule has 0 spiro atoms. The van der Waals surface area contributed by atoms with E-state index in [2.05, 4.69) is 4.90 Å². The fraction of sp³-hybridized carbons (Fsp3) is 0.278. The molecule has 1 fully saturated rings. The highest BCUT2D eigenvalue weighted by molar-refractivity contribution is 5.78. The van der Waals surface area contributed by atoms with E-state index in [4.69, 9.17) is 4.74 Å². The van der Waals surface area contributed by atoms with Gasteiger partial charge in [0.1, 0.15) is 5.75 Å². The molecule has 0 radical (unpaired) electrons. The highest BCUT2D eigenvalue weighted by Gasteiger charge is 2.21. The normalized spacial score (nSPS) is 14.5. The lowest BCUT2D eigenvalue weighted by Gasteiger charge is -2.36. The average molecular weight is 330 g/mol. The second-order valence-electron chi connectivity index (χ2n) is 5.60. The molecule has 1 heterocycles. The van der Waals surface area contributed by atoms with Gasteiger partial charge in [0.2, 0.25) is 0 Å². The average Bonchev–Trinajstić information content (AvgIpc) is 2.62. The number of para-hydroxylation sites is 1. The smallest absolute Gasteiger partial charge is 0.260 e. The molecule has 24 heavy (non-hydrogen) atoms. The Morgan fingerprint density at radius 1 is 1.04 bits per heavy atom. The highest BCUT2D eigenvalue weighted by Crippen LogP contribution is 2.20. The van der Waals surface area contributed by atoms with Crippen LogP contribution in [0.1, 0.15) is 0 Å². The minimum Gasteiger partial charge on any atom is -0.508 e. The van der Waals surface area contributed by atoms with Crippen LogP contribution in [0.4, 0.5) is 10.1 Å². The molecule has 0 saturated carbocycles. The van der Waals surface area contributed by atoms with Gasteiger partial charge in [-0.3, -0.25) is 4.79 Å². The van der Waals surface area contributed by atoms with Gasteiger partial charge in [-0.2, -0.15) is 0 Å². The third kappa shape index (κ3) is 3.76. The Morgan fingerprint density at radius 2 is 1.71 bits per heavy atom. The van der Waals surface area contributed by atoms with E-state index in [-0.39, 0.29) is 24.0 Å². The van der Waals surface area contributed by atoms with Gasteiger partial charge in [-0.25, -0.2) is 4.39 Å². The van der Waals surface area contributed by atoms with Crippen LogP contribution in [-0.2, 0) is 4.79 Å². The van der Waals surface area contributed by atoms with Crippen LogP contribution in [0.5, 0.6) is 11.5 Å². The molecule has 5 nitrogen and oxygen atoms in total. The van der Waals surface area contributed by atoms with Gasteiger partial charge in [-0.1, -0.05) is 12.1 Å². The summed E-state index contributed by atoms with van der Waals surface area (Å²) in [5.41, 5.74) is 1.02. The quantitative estimate of drug-likeness (QED) is 0.934. The molecule has 6 heteroatoms. The summed E-state index contributed by atoms with van der Waals surface area (Å²) >= 11 is 0. The zero-order valence-corrected chi connectivity index (χ0v) is 13.2. The zero-order chi connectivity index (χ0) is 16.9. The molecule has 0 atom stereocenters. The molecule has 0 bridgehead atoms. The highest BCUT2D eigenvalue weighted by atomic mass is 19.1. The van der Waals surface area contributed by atoms with Gasteiger partial charge < -0.3 is 19.6 Å². The van der Waals surface area contributed by atoms with E-state index in [1.807, 2.05) is 12.1 Å². The van der Waals surface area contributed by atoms with Gasteiger partial charge in [-0.15, -0.1) is 0 Å². The van der Waals surface area contributed by atoms with Crippen molar-refractivity contribution >= 4 is 11.6 Å². The minimum absolute atomic E-state index is 0.0913. The van der Waals surface area contributed by atoms with Crippen LogP contribution in [0.3, 0.4) is 0 Å². The number of halogens is 1. The first-order chi connectivity index (χ1) is 11.6. The van der Waals surface area contributed by atoms with Gasteiger partial charge in [-0.05, 0) is 36.4 Å². The summed E-state index contributed by atoms with van der Waals surface area (Å²) in [4.78, 5) is 16.1. The minimum atomic E-state index is -0.470. The summed E-state index contributed by atoms with van der Waals surface area (Å²) in [6.07, 6.45) is 0. The van der Waals surface area contributed by atoms with E-state index in [1.54, 1.807) is 29.2 Å². The number of anilines is 1. The molecule has 126 valence electrons. The van der Waals surface area contributed by atoms with E-state index in [9.17, 15) is 14.3 Å². The summed E-state index contributed by atoms with van der Waals surface area (Å²) in [5.74, 6) is -0.294. The monoisotopic (exact) mass is 330 g/mol. The van der Waals surface area contributed by atoms with Crippen molar-refractivity contribution in [2.24, 2.45) is 0 Å². The first-order valence-corrected chi connectivity index (χ1v) is 7.82. The molecule has 1 aliphatic heterocycles. The number of carbonyl (C=O) groups is 1. The Morgan fingerprint density at radius 3 is 2.38 bits per heavy atom. The van der Waals surface area contributed by atoms with Crippen molar-refractivity contribution < 1.29 is 19.0 Å². The lowest BCUT2D eigenvalue weighted by Crippen LogP contribution is -2.50. The van der Waals surface area contributed by atoms with Gasteiger partial charge in [0, 0.05) is 31.9 Å². The predicted molar refractivity (Wildman–Crippen MR) is 88.8 cm³/mol. The van der Waals surface area contributed by atoms with Gasteiger partial charge in [0.05, 0.1) is 0 Å². The number of benzene rings is 2. The first-order valence-electron chi connectivity index (χ1n) is 7.82. The standard InChI is InChI=1S/C18H19FN2O3/c19-16-3-1-2-4-17(16)24-13-18(23)21-11-9-20(10-12-21)14-5-7-15(22)8-6-14/h1-8,22H,9-13H2. The Balaban J connectivity index is 1.50. The fourth-order valence-electron chi connectivity index (χ4n) is 2.67. The van der Waals surface area contributed by atoms with E-state index in [1.165, 1.54) is 12.1 Å². The molecule has 3 rings (SSSR count). The van der Waals surface area contributed by atoms with Crippen LogP contribution in [0.2, 0.25) is 0 Å². The number of aromatic hydroxyl groups is 1. The van der Waals surface area contributed by atoms with E-state index >= 15 is 0 Å². The number of nitrogens with zero attached hydrogens (tertiary/aromatic N) is 2. The lowest BCUT2D eigenvalue weighted by atomic mass is 10.2. The van der Waals surface area contributed by atoms with Crippen molar-refractivity contribution in [2.45, 2.75) is 0 Å². The summed E-state index contributed by atoms with van der Waals surface area (Å²) in [6.45, 7) is 2.41. The number of rotatable bonds is 4. The topological polar surface area (TPSA) is 53.0 Å². The molecule has 1 amide bonds. The van der Waals surface area contributed by atoms with Crippen molar-refractivity contribution in [3.63, 3.8) is 0 Å². The largest absolute Gasteiger partial charge is 0.508 e. The second-order valence-corrected chi connectivity index (χ2v) is 5.60. The summed E-state index contributed by atoms with van der Waals surface area (Å²) in [7, 11) is 0. The maximum absolute atomic E-state index is 13.5. The fourth-order valence-corrected chi connectivity index (χ4v) is 2.67. The van der Waals surface area contributed by atoms with Crippen molar-refractivity contribution in [3.8, 4) is 11.5 Å². The number of amides is 1. The molecule has 0 aliphatic carbocycles. The van der Waals surface area contributed by atoms with Crippen LogP contribution in [0.15, 0.2) is 48.5 Å². The zero-order valence-electron chi connectivity index (χ0n) is 13.2. The van der Waals surface area contributed by atoms with Gasteiger partial charge >= 0.3 is 0 Å². The number of ether oxygens (including phenoxy) is 1. The molecular formula is C18H19FN2O3. The Kier molecular flexibility index (Phi) is 4.84. The van der Waals surface area contributed by atoms with Gasteiger partial charge in [0.15, 0.2) is 18.2 Å². The molecule has 1 saturated heterocycles. The SMILES string of the molecule is O=C(COc1ccccc1F)N1CCN(c2ccc(O)cc2)CC1. The van der Waals surface area contributed by atoms with E-state index < -0.39 is 5.82 Å². The predicted octanol–water partition coefficient (Wildman–Crippen LogP) is 2.26. The van der Waals surface area contributed by atoms with Crippen molar-refractivity contribution in [1.29, 1.82) is 0 Å². The maximum atomic E-state index is 13.5. The van der Waals surface area contributed by atoms with Crippen molar-refractivity contribution in [1.82, 2.24) is 4.90 Å². The Bertz CT molecular complexity index is 698. The number of piperazine rings is 1. The van der Waals surface area contributed by atoms with E-state index in [0.29, 0.717) is 26.2 Å². The molecular weight excluding hydrogens is 311 g/mol. The van der Waals surface area contributed by atoms with E-state index in [0.717, 1.165) is 5.69 Å². The lowest BCUT2D eigenvalue weighted by molar-refractivity contribution is -0.133.